The summed E-state index contributed by atoms with van der Waals surface area (Å²) < 4.78 is 6.31. The number of para-hydroxylation sites is 1. The van der Waals surface area contributed by atoms with Crippen molar-refractivity contribution in [2.45, 2.75) is 0 Å². The number of furan rings is 1. The van der Waals surface area contributed by atoms with Crippen molar-refractivity contribution in [2.75, 3.05) is 0 Å². The van der Waals surface area contributed by atoms with Crippen LogP contribution in [0.5, 0.6) is 0 Å². The van der Waals surface area contributed by atoms with Gasteiger partial charge in [-0.15, -0.1) is 0 Å². The largest absolute Gasteiger partial charge is 0.456 e. The van der Waals surface area contributed by atoms with Crippen molar-refractivity contribution in [3.05, 3.63) is 194 Å². The molecule has 0 atom stereocenters. The molecular weight excluding hydrogens is 645 g/mol. The maximum Gasteiger partial charge on any atom is 0.160 e. The minimum atomic E-state index is 0.687. The Balaban J connectivity index is 1.13. The summed E-state index contributed by atoms with van der Waals surface area (Å²) in [5.41, 5.74) is 13.3. The number of hydrogen-bond donors (Lipinski definition) is 0. The van der Waals surface area contributed by atoms with Crippen molar-refractivity contribution in [3.8, 4) is 67.3 Å². The molecule has 0 N–H and O–H groups in total. The normalized spacial score (nSPS) is 11.4. The Kier molecular flexibility index (Phi) is 7.47. The lowest BCUT2D eigenvalue weighted by atomic mass is 9.94. The lowest BCUT2D eigenvalue weighted by Gasteiger charge is -2.13. The van der Waals surface area contributed by atoms with E-state index in [4.69, 9.17) is 14.4 Å². The predicted octanol–water partition coefficient (Wildman–Crippen LogP) is 13.5. The van der Waals surface area contributed by atoms with E-state index in [1.807, 2.05) is 30.3 Å². The Morgan fingerprint density at radius 2 is 0.868 bits per heavy atom. The van der Waals surface area contributed by atoms with Gasteiger partial charge in [0.15, 0.2) is 5.82 Å². The van der Waals surface area contributed by atoms with Crippen LogP contribution in [-0.4, -0.2) is 9.97 Å². The van der Waals surface area contributed by atoms with Crippen molar-refractivity contribution in [1.29, 1.82) is 0 Å². The highest BCUT2D eigenvalue weighted by Crippen LogP contribution is 2.38. The van der Waals surface area contributed by atoms with Gasteiger partial charge in [-0.1, -0.05) is 152 Å². The minimum absolute atomic E-state index is 0.687. The molecule has 0 unspecified atom stereocenters. The van der Waals surface area contributed by atoms with Gasteiger partial charge in [0.1, 0.15) is 11.2 Å². The minimum Gasteiger partial charge on any atom is -0.456 e. The van der Waals surface area contributed by atoms with Crippen molar-refractivity contribution in [1.82, 2.24) is 9.97 Å². The smallest absolute Gasteiger partial charge is 0.160 e. The first-order valence-electron chi connectivity index (χ1n) is 17.9. The predicted molar refractivity (Wildman–Crippen MR) is 219 cm³/mol. The fourth-order valence-corrected chi connectivity index (χ4v) is 7.40. The topological polar surface area (TPSA) is 38.9 Å². The first-order chi connectivity index (χ1) is 26.2. The van der Waals surface area contributed by atoms with Gasteiger partial charge in [0.25, 0.3) is 0 Å². The summed E-state index contributed by atoms with van der Waals surface area (Å²) in [6.45, 7) is 0. The number of benzene rings is 8. The first kappa shape index (κ1) is 30.7. The van der Waals surface area contributed by atoms with E-state index in [9.17, 15) is 0 Å². The van der Waals surface area contributed by atoms with Crippen LogP contribution in [0.4, 0.5) is 0 Å². The highest BCUT2D eigenvalue weighted by Gasteiger charge is 2.15. The molecule has 0 aliphatic carbocycles. The Hall–Kier alpha value is -7.10. The van der Waals surface area contributed by atoms with Crippen molar-refractivity contribution in [3.63, 3.8) is 0 Å². The first-order valence-corrected chi connectivity index (χ1v) is 17.9. The third kappa shape index (κ3) is 5.75. The molecule has 3 nitrogen and oxygen atoms in total. The highest BCUT2D eigenvalue weighted by molar-refractivity contribution is 6.06. The van der Waals surface area contributed by atoms with Crippen LogP contribution in [0.1, 0.15) is 0 Å². The van der Waals surface area contributed by atoms with Crippen molar-refractivity contribution >= 4 is 32.7 Å². The highest BCUT2D eigenvalue weighted by atomic mass is 16.3. The molecule has 0 aliphatic heterocycles. The third-order valence-electron chi connectivity index (χ3n) is 10.1. The fraction of sp³-hybridized carbons (Fsp3) is 0. The lowest BCUT2D eigenvalue weighted by molar-refractivity contribution is 0.669. The van der Waals surface area contributed by atoms with Crippen LogP contribution in [0, 0.1) is 0 Å². The zero-order chi connectivity index (χ0) is 35.1. The quantitative estimate of drug-likeness (QED) is 0.176. The van der Waals surface area contributed by atoms with Gasteiger partial charge in [-0.25, -0.2) is 9.97 Å². The van der Waals surface area contributed by atoms with Gasteiger partial charge in [-0.05, 0) is 86.6 Å². The maximum absolute atomic E-state index is 6.31. The van der Waals surface area contributed by atoms with E-state index in [0.717, 1.165) is 72.3 Å². The third-order valence-corrected chi connectivity index (χ3v) is 10.1. The van der Waals surface area contributed by atoms with Gasteiger partial charge in [-0.3, -0.25) is 0 Å². The molecule has 0 spiro atoms. The molecule has 10 aromatic rings. The average Bonchev–Trinajstić information content (AvgIpc) is 3.62. The summed E-state index contributed by atoms with van der Waals surface area (Å²) in [4.78, 5) is 10.4. The average molecular weight is 677 g/mol. The van der Waals surface area contributed by atoms with Crippen LogP contribution in [0.3, 0.4) is 0 Å². The molecule has 0 saturated heterocycles. The summed E-state index contributed by atoms with van der Waals surface area (Å²) in [6, 6.07) is 68.1. The molecule has 0 radical (unpaired) electrons. The summed E-state index contributed by atoms with van der Waals surface area (Å²) in [6.07, 6.45) is 0. The van der Waals surface area contributed by atoms with Gasteiger partial charge < -0.3 is 4.42 Å². The van der Waals surface area contributed by atoms with E-state index >= 15 is 0 Å². The molecule has 53 heavy (non-hydrogen) atoms. The molecule has 248 valence electrons. The molecule has 0 fully saturated rings. The molecular formula is C50H32N2O. The zero-order valence-corrected chi connectivity index (χ0v) is 28.8. The second-order valence-corrected chi connectivity index (χ2v) is 13.4. The van der Waals surface area contributed by atoms with Crippen LogP contribution in [0.2, 0.25) is 0 Å². The zero-order valence-electron chi connectivity index (χ0n) is 28.8. The summed E-state index contributed by atoms with van der Waals surface area (Å²) in [5.74, 6) is 0.687. The molecule has 3 heteroatoms. The number of aromatic nitrogens is 2. The van der Waals surface area contributed by atoms with E-state index in [1.54, 1.807) is 0 Å². The van der Waals surface area contributed by atoms with Crippen LogP contribution in [0.25, 0.3) is 100.0 Å². The molecule has 0 bridgehead atoms. The van der Waals surface area contributed by atoms with Crippen molar-refractivity contribution < 1.29 is 4.42 Å². The van der Waals surface area contributed by atoms with E-state index in [1.165, 1.54) is 21.9 Å². The fourth-order valence-electron chi connectivity index (χ4n) is 7.40. The second kappa shape index (κ2) is 12.9. The Labute approximate surface area is 307 Å². The molecule has 0 amide bonds. The van der Waals surface area contributed by atoms with Crippen molar-refractivity contribution in [2.24, 2.45) is 0 Å². The molecule has 2 heterocycles. The molecule has 8 aromatic carbocycles. The SMILES string of the molecule is c1ccc(-c2cc(-c3ccc4c(c3)oc3ccccc34)cc(-c3cc(-c4ccc(-c5cccc6ccccc56)cc4)nc(-c4ccccc4)n3)c2)cc1. The summed E-state index contributed by atoms with van der Waals surface area (Å²) >= 11 is 0. The number of rotatable bonds is 6. The summed E-state index contributed by atoms with van der Waals surface area (Å²) in [5, 5.41) is 4.71. The lowest BCUT2D eigenvalue weighted by Crippen LogP contribution is -1.96. The Morgan fingerprint density at radius 3 is 1.66 bits per heavy atom. The number of nitrogens with zero attached hydrogens (tertiary/aromatic N) is 2. The summed E-state index contributed by atoms with van der Waals surface area (Å²) in [7, 11) is 0. The van der Waals surface area contributed by atoms with Gasteiger partial charge >= 0.3 is 0 Å². The van der Waals surface area contributed by atoms with Crippen LogP contribution < -0.4 is 0 Å². The standard InChI is InChI=1S/C50H32N2O/c1-3-12-33(13-4-1)39-28-40(38-26-27-45-44-19-9-10-21-48(44)53-49(45)31-38)30-41(29-39)47-32-46(51-50(52-47)37-15-5-2-6-16-37)36-24-22-35(23-25-36)43-20-11-17-34-14-7-8-18-42(34)43/h1-32H. The van der Waals surface area contributed by atoms with Gasteiger partial charge in [0, 0.05) is 27.5 Å². The molecule has 0 saturated carbocycles. The number of hydrogen-bond acceptors (Lipinski definition) is 3. The van der Waals surface area contributed by atoms with Crippen LogP contribution in [0.15, 0.2) is 199 Å². The van der Waals surface area contributed by atoms with Gasteiger partial charge in [0.2, 0.25) is 0 Å². The van der Waals surface area contributed by atoms with Gasteiger partial charge in [0.05, 0.1) is 11.4 Å². The molecule has 2 aromatic heterocycles. The molecule has 10 rings (SSSR count). The van der Waals surface area contributed by atoms with E-state index in [0.29, 0.717) is 5.82 Å². The van der Waals surface area contributed by atoms with E-state index < -0.39 is 0 Å². The van der Waals surface area contributed by atoms with Crippen LogP contribution in [-0.2, 0) is 0 Å². The van der Waals surface area contributed by atoms with E-state index in [-0.39, 0.29) is 0 Å². The maximum atomic E-state index is 6.31. The Bertz CT molecular complexity index is 2920. The second-order valence-electron chi connectivity index (χ2n) is 13.4. The number of fused-ring (bicyclic) bond motifs is 4. The Morgan fingerprint density at radius 1 is 0.302 bits per heavy atom. The van der Waals surface area contributed by atoms with Crippen LogP contribution >= 0.6 is 0 Å². The monoisotopic (exact) mass is 676 g/mol. The van der Waals surface area contributed by atoms with Gasteiger partial charge in [-0.2, -0.15) is 0 Å². The van der Waals surface area contributed by atoms with E-state index in [2.05, 4.69) is 164 Å². The molecule has 0 aliphatic rings.